The summed E-state index contributed by atoms with van der Waals surface area (Å²) >= 11 is 0. The van der Waals surface area contributed by atoms with Gasteiger partial charge in [-0.3, -0.25) is 0 Å². The molecule has 0 radical (unpaired) electrons. The van der Waals surface area contributed by atoms with Crippen LogP contribution in [-0.2, 0) is 0 Å². The Labute approximate surface area is 207 Å². The quantitative estimate of drug-likeness (QED) is 0.138. The smallest absolute Gasteiger partial charge is 0.220 e. The van der Waals surface area contributed by atoms with Crippen molar-refractivity contribution in [3.05, 3.63) is 126 Å². The van der Waals surface area contributed by atoms with E-state index in [4.69, 9.17) is 9.73 Å². The van der Waals surface area contributed by atoms with Crippen molar-refractivity contribution >= 4 is 54.7 Å². The summed E-state index contributed by atoms with van der Waals surface area (Å²) in [5.74, 6) is 1.34. The Morgan fingerprint density at radius 1 is 0.706 bits per heavy atom. The van der Waals surface area contributed by atoms with Crippen LogP contribution in [0.5, 0.6) is 5.75 Å². The van der Waals surface area contributed by atoms with E-state index in [9.17, 15) is 0 Å². The molecule has 0 N–H and O–H groups in total. The van der Waals surface area contributed by atoms with Crippen molar-refractivity contribution < 1.29 is 4.74 Å². The minimum atomic E-state index is 0.547. The third-order valence-electron chi connectivity index (χ3n) is 5.39. The number of hydrogen-bond acceptors (Lipinski definition) is 4. The van der Waals surface area contributed by atoms with E-state index in [1.54, 1.807) is 21.6 Å². The van der Waals surface area contributed by atoms with Crippen molar-refractivity contribution in [2.75, 3.05) is 0 Å². The van der Waals surface area contributed by atoms with Gasteiger partial charge in [0.1, 0.15) is 5.75 Å². The highest BCUT2D eigenvalue weighted by Gasteiger charge is 2.06. The monoisotopic (exact) mass is 477 g/mol. The number of aryl methyl sites for hydroxylation is 1. The van der Waals surface area contributed by atoms with Crippen molar-refractivity contribution in [1.82, 2.24) is 0 Å². The molecule has 5 aromatic rings. The summed E-state index contributed by atoms with van der Waals surface area (Å²) in [7, 11) is 3.38. The molecule has 0 aliphatic rings. The molecule has 0 aliphatic carbocycles. The maximum absolute atomic E-state index is 6.33. The van der Waals surface area contributed by atoms with Crippen LogP contribution in [0.25, 0.3) is 21.5 Å². The highest BCUT2D eigenvalue weighted by Crippen LogP contribution is 2.36. The molecule has 0 aliphatic heterocycles. The van der Waals surface area contributed by atoms with Crippen LogP contribution < -0.4 is 4.74 Å². The fourth-order valence-corrected chi connectivity index (χ4v) is 5.49. The van der Waals surface area contributed by atoms with E-state index in [0.717, 1.165) is 22.2 Å². The van der Waals surface area contributed by atoms with Crippen LogP contribution in [0, 0.1) is 6.92 Å². The molecule has 2 nitrogen and oxygen atoms in total. The molecule has 5 aromatic carbocycles. The summed E-state index contributed by atoms with van der Waals surface area (Å²) in [6.07, 6.45) is 1.93. The van der Waals surface area contributed by atoms with Crippen LogP contribution in [0.15, 0.2) is 131 Å². The third-order valence-corrected chi connectivity index (χ3v) is 7.43. The predicted octanol–water partition coefficient (Wildman–Crippen LogP) is 9.36. The second kappa shape index (κ2) is 10.6. The Bertz CT molecular complexity index is 1480. The molecule has 0 fully saturated rings. The van der Waals surface area contributed by atoms with E-state index in [0.29, 0.717) is 5.90 Å². The van der Waals surface area contributed by atoms with Gasteiger partial charge in [-0.05, 0) is 52.8 Å². The first-order valence-electron chi connectivity index (χ1n) is 11.0. The SMILES string of the molecule is Cc1ccc(/N=C(/C=C/SSc2cccc3ccccc23)Oc2cccc3ccccc23)cc1. The molecular formula is C30H23NOS2. The molecule has 0 amide bonds. The highest BCUT2D eigenvalue weighted by molar-refractivity contribution is 8.77. The standard InChI is InChI=1S/C30H23NOS2/c1-22-16-18-25(19-17-22)31-30(32-28-14-6-10-23-8-2-4-12-26(23)28)20-21-33-34-29-15-7-11-24-9-3-5-13-27(24)29/h2-21H,1H3/b21-20+,31-30-. The van der Waals surface area contributed by atoms with Crippen LogP contribution in [0.2, 0.25) is 0 Å². The van der Waals surface area contributed by atoms with Gasteiger partial charge in [-0.15, -0.1) is 0 Å². The van der Waals surface area contributed by atoms with Crippen LogP contribution in [-0.4, -0.2) is 5.90 Å². The first kappa shape index (κ1) is 22.3. The second-order valence-corrected chi connectivity index (χ2v) is 9.97. The molecule has 0 saturated carbocycles. The number of ether oxygens (including phenoxy) is 1. The Hall–Kier alpha value is -3.47. The van der Waals surface area contributed by atoms with Crippen molar-refractivity contribution in [3.8, 4) is 5.75 Å². The molecule has 0 spiro atoms. The molecule has 0 aromatic heterocycles. The van der Waals surface area contributed by atoms with E-state index >= 15 is 0 Å². The summed E-state index contributed by atoms with van der Waals surface area (Å²) in [4.78, 5) is 6.02. The lowest BCUT2D eigenvalue weighted by atomic mass is 10.1. The Morgan fingerprint density at radius 2 is 1.35 bits per heavy atom. The number of benzene rings is 5. The normalized spacial score (nSPS) is 12.0. The van der Waals surface area contributed by atoms with Gasteiger partial charge in [0.15, 0.2) is 0 Å². The number of fused-ring (bicyclic) bond motifs is 2. The average Bonchev–Trinajstić information content (AvgIpc) is 2.88. The van der Waals surface area contributed by atoms with Gasteiger partial charge in [0.2, 0.25) is 5.90 Å². The number of aliphatic imine (C=N–C) groups is 1. The maximum Gasteiger partial charge on any atom is 0.220 e. The molecule has 0 saturated heterocycles. The number of nitrogens with zero attached hydrogens (tertiary/aromatic N) is 1. The minimum absolute atomic E-state index is 0.547. The zero-order chi connectivity index (χ0) is 23.2. The van der Waals surface area contributed by atoms with E-state index in [2.05, 4.69) is 79.7 Å². The molecule has 34 heavy (non-hydrogen) atoms. The molecule has 0 unspecified atom stereocenters. The van der Waals surface area contributed by atoms with E-state index in [1.165, 1.54) is 21.2 Å². The van der Waals surface area contributed by atoms with Crippen LogP contribution >= 0.6 is 21.6 Å². The lowest BCUT2D eigenvalue weighted by Gasteiger charge is -2.09. The molecule has 4 heteroatoms. The van der Waals surface area contributed by atoms with Crippen molar-refractivity contribution in [1.29, 1.82) is 0 Å². The van der Waals surface area contributed by atoms with Gasteiger partial charge in [0, 0.05) is 16.4 Å². The minimum Gasteiger partial charge on any atom is -0.438 e. The average molecular weight is 478 g/mol. The van der Waals surface area contributed by atoms with Gasteiger partial charge in [-0.25, -0.2) is 4.99 Å². The topological polar surface area (TPSA) is 21.6 Å². The first-order valence-corrected chi connectivity index (χ1v) is 13.3. The van der Waals surface area contributed by atoms with E-state index in [1.807, 2.05) is 47.9 Å². The Morgan fingerprint density at radius 3 is 2.15 bits per heavy atom. The third kappa shape index (κ3) is 5.36. The maximum atomic E-state index is 6.33. The summed E-state index contributed by atoms with van der Waals surface area (Å²) in [6, 6.07) is 37.3. The van der Waals surface area contributed by atoms with Gasteiger partial charge in [-0.2, -0.15) is 0 Å². The van der Waals surface area contributed by atoms with Gasteiger partial charge in [-0.1, -0.05) is 112 Å². The lowest BCUT2D eigenvalue weighted by molar-refractivity contribution is 0.562. The van der Waals surface area contributed by atoms with Crippen LogP contribution in [0.3, 0.4) is 0 Å². The van der Waals surface area contributed by atoms with E-state index < -0.39 is 0 Å². The molecular weight excluding hydrogens is 454 g/mol. The Kier molecular flexibility index (Phi) is 6.99. The fourth-order valence-electron chi connectivity index (χ4n) is 3.67. The summed E-state index contributed by atoms with van der Waals surface area (Å²) in [6.45, 7) is 2.07. The summed E-state index contributed by atoms with van der Waals surface area (Å²) < 4.78 is 6.33. The summed E-state index contributed by atoms with van der Waals surface area (Å²) in [5, 5.41) is 6.74. The number of rotatable bonds is 6. The number of hydrogen-bond donors (Lipinski definition) is 0. The molecule has 166 valence electrons. The molecule has 0 bridgehead atoms. The predicted molar refractivity (Wildman–Crippen MR) is 149 cm³/mol. The van der Waals surface area contributed by atoms with Crippen molar-refractivity contribution in [2.45, 2.75) is 11.8 Å². The van der Waals surface area contributed by atoms with Crippen LogP contribution in [0.4, 0.5) is 5.69 Å². The van der Waals surface area contributed by atoms with Crippen molar-refractivity contribution in [3.63, 3.8) is 0 Å². The van der Waals surface area contributed by atoms with Gasteiger partial charge < -0.3 is 4.74 Å². The fraction of sp³-hybridized carbons (Fsp3) is 0.0333. The van der Waals surface area contributed by atoms with Crippen LogP contribution in [0.1, 0.15) is 5.56 Å². The Balaban J connectivity index is 1.40. The molecule has 5 rings (SSSR count). The van der Waals surface area contributed by atoms with E-state index in [-0.39, 0.29) is 0 Å². The zero-order valence-electron chi connectivity index (χ0n) is 18.7. The van der Waals surface area contributed by atoms with Crippen molar-refractivity contribution in [2.24, 2.45) is 4.99 Å². The first-order chi connectivity index (χ1) is 16.8. The zero-order valence-corrected chi connectivity index (χ0v) is 20.4. The molecule has 0 heterocycles. The van der Waals surface area contributed by atoms with Gasteiger partial charge in [0.05, 0.1) is 5.69 Å². The van der Waals surface area contributed by atoms with Gasteiger partial charge >= 0.3 is 0 Å². The second-order valence-electron chi connectivity index (χ2n) is 7.82. The van der Waals surface area contributed by atoms with Gasteiger partial charge in [0.25, 0.3) is 0 Å². The highest BCUT2D eigenvalue weighted by atomic mass is 33.1. The lowest BCUT2D eigenvalue weighted by Crippen LogP contribution is -2.05. The summed E-state index contributed by atoms with van der Waals surface area (Å²) in [5.41, 5.74) is 2.06. The molecule has 0 atom stereocenters. The largest absolute Gasteiger partial charge is 0.438 e.